The van der Waals surface area contributed by atoms with Crippen LogP contribution >= 0.6 is 0 Å². The number of carboxylic acids is 1. The fraction of sp³-hybridized carbons (Fsp3) is 0.963. The summed E-state index contributed by atoms with van der Waals surface area (Å²) in [6.07, 6.45) is 27.5. The normalized spacial score (nSPS) is 11.1. The molecule has 0 bridgehead atoms. The predicted molar refractivity (Wildman–Crippen MR) is 141 cm³/mol. The summed E-state index contributed by atoms with van der Waals surface area (Å²) in [5.74, 6) is -0.661. The van der Waals surface area contributed by atoms with Gasteiger partial charge in [0.2, 0.25) is 0 Å². The Bertz CT molecular complexity index is 328. The molecule has 0 aliphatic carbocycles. The van der Waals surface area contributed by atoms with Gasteiger partial charge in [-0.15, -0.1) is 0 Å². The van der Waals surface area contributed by atoms with Gasteiger partial charge in [-0.3, -0.25) is 4.79 Å². The Kier molecular flexibility index (Phi) is 31.4. The Morgan fingerprint density at radius 3 is 1.10 bits per heavy atom. The van der Waals surface area contributed by atoms with Crippen molar-refractivity contribution >= 4 is 43.7 Å². The van der Waals surface area contributed by atoms with Crippen LogP contribution < -0.4 is 0 Å². The molecular weight excluding hydrogens is 410 g/mol. The molecule has 1 N–H and O–H groups in total. The van der Waals surface area contributed by atoms with Crippen LogP contribution in [0.1, 0.15) is 149 Å². The van der Waals surface area contributed by atoms with Crippen LogP contribution in [0, 0.1) is 0 Å². The van der Waals surface area contributed by atoms with Gasteiger partial charge < -0.3 is 10.0 Å². The second kappa shape index (κ2) is 28.7. The molecule has 31 heavy (non-hydrogen) atoms. The third-order valence-electron chi connectivity index (χ3n) is 6.30. The fourth-order valence-corrected chi connectivity index (χ4v) is 4.23. The number of rotatable bonds is 25. The maximum atomic E-state index is 11.0. The molecule has 0 aliphatic heterocycles. The Hall–Kier alpha value is 0.690. The first-order valence-corrected chi connectivity index (χ1v) is 13.6. The number of hydrogen-bond acceptors (Lipinski definition) is 2. The molecular formula is C27H57CaNO2. The van der Waals surface area contributed by atoms with Gasteiger partial charge in [-0.2, -0.15) is 0 Å². The molecule has 4 heteroatoms. The number of nitrogens with zero attached hydrogens (tertiary/aromatic N) is 1. The van der Waals surface area contributed by atoms with Crippen LogP contribution in [-0.2, 0) is 4.79 Å². The molecule has 0 aliphatic rings. The summed E-state index contributed by atoms with van der Waals surface area (Å²) in [7, 11) is 0. The molecule has 3 nitrogen and oxygen atoms in total. The van der Waals surface area contributed by atoms with Crippen molar-refractivity contribution in [3.05, 3.63) is 0 Å². The van der Waals surface area contributed by atoms with Gasteiger partial charge in [0.1, 0.15) is 0 Å². The van der Waals surface area contributed by atoms with E-state index in [2.05, 4.69) is 18.7 Å². The SMILES string of the molecule is CCCCCCCCCCCCN(CCCCCCCCCCCC)CCC(=O)O.[CaH2]. The van der Waals surface area contributed by atoms with Crippen molar-refractivity contribution in [3.63, 3.8) is 0 Å². The van der Waals surface area contributed by atoms with Crippen molar-refractivity contribution < 1.29 is 9.90 Å². The molecule has 0 aromatic carbocycles. The molecule has 0 saturated carbocycles. The average molecular weight is 468 g/mol. The van der Waals surface area contributed by atoms with Gasteiger partial charge in [0.15, 0.2) is 0 Å². The zero-order chi connectivity index (χ0) is 22.1. The topological polar surface area (TPSA) is 40.5 Å². The van der Waals surface area contributed by atoms with E-state index in [-0.39, 0.29) is 44.2 Å². The molecule has 0 rings (SSSR count). The molecule has 0 fully saturated rings. The van der Waals surface area contributed by atoms with Gasteiger partial charge in [0.25, 0.3) is 0 Å². The monoisotopic (exact) mass is 467 g/mol. The Balaban J connectivity index is 0. The second-order valence-electron chi connectivity index (χ2n) is 9.35. The molecule has 0 heterocycles. The van der Waals surface area contributed by atoms with Crippen LogP contribution in [0.5, 0.6) is 0 Å². The van der Waals surface area contributed by atoms with Crippen molar-refractivity contribution in [2.75, 3.05) is 19.6 Å². The van der Waals surface area contributed by atoms with E-state index in [0.717, 1.165) is 19.6 Å². The maximum absolute atomic E-state index is 11.0. The van der Waals surface area contributed by atoms with E-state index in [4.69, 9.17) is 5.11 Å². The number of carboxylic acid groups (broad SMARTS) is 1. The summed E-state index contributed by atoms with van der Waals surface area (Å²) in [4.78, 5) is 13.4. The molecule has 0 amide bonds. The van der Waals surface area contributed by atoms with Crippen molar-refractivity contribution in [2.45, 2.75) is 149 Å². The summed E-state index contributed by atoms with van der Waals surface area (Å²) < 4.78 is 0. The van der Waals surface area contributed by atoms with E-state index in [1.165, 1.54) is 128 Å². The van der Waals surface area contributed by atoms with Crippen LogP contribution in [0.4, 0.5) is 0 Å². The van der Waals surface area contributed by atoms with E-state index >= 15 is 0 Å². The van der Waals surface area contributed by atoms with Gasteiger partial charge in [0.05, 0.1) is 6.42 Å². The quantitative estimate of drug-likeness (QED) is 0.110. The summed E-state index contributed by atoms with van der Waals surface area (Å²) in [5.41, 5.74) is 0. The third-order valence-corrected chi connectivity index (χ3v) is 6.30. The summed E-state index contributed by atoms with van der Waals surface area (Å²) >= 11 is 0. The summed E-state index contributed by atoms with van der Waals surface area (Å²) in [6.45, 7) is 7.44. The van der Waals surface area contributed by atoms with Crippen molar-refractivity contribution in [2.24, 2.45) is 0 Å². The number of carbonyl (C=O) groups is 1. The fourth-order valence-electron chi connectivity index (χ4n) is 4.23. The molecule has 0 radical (unpaired) electrons. The van der Waals surface area contributed by atoms with Crippen molar-refractivity contribution in [3.8, 4) is 0 Å². The van der Waals surface area contributed by atoms with E-state index in [9.17, 15) is 4.79 Å². The number of unbranched alkanes of at least 4 members (excludes halogenated alkanes) is 18. The zero-order valence-electron chi connectivity index (χ0n) is 20.8. The van der Waals surface area contributed by atoms with Crippen LogP contribution in [0.25, 0.3) is 0 Å². The first kappa shape index (κ1) is 33.9. The van der Waals surface area contributed by atoms with E-state index in [1.807, 2.05) is 0 Å². The van der Waals surface area contributed by atoms with Crippen LogP contribution in [-0.4, -0.2) is 73.3 Å². The van der Waals surface area contributed by atoms with Crippen molar-refractivity contribution in [1.82, 2.24) is 4.90 Å². The first-order valence-electron chi connectivity index (χ1n) is 13.6. The van der Waals surface area contributed by atoms with Gasteiger partial charge >= 0.3 is 43.7 Å². The van der Waals surface area contributed by atoms with E-state index < -0.39 is 5.97 Å². The molecule has 0 aromatic heterocycles. The molecule has 0 atom stereocenters. The minimum atomic E-state index is -0.661. The molecule has 0 aromatic rings. The molecule has 0 saturated heterocycles. The zero-order valence-corrected chi connectivity index (χ0v) is 20.8. The Morgan fingerprint density at radius 1 is 0.516 bits per heavy atom. The molecule has 0 spiro atoms. The number of hydrogen-bond donors (Lipinski definition) is 1. The predicted octanol–water partition coefficient (Wildman–Crippen LogP) is 7.69. The van der Waals surface area contributed by atoms with Crippen LogP contribution in [0.3, 0.4) is 0 Å². The Labute approximate surface area is 225 Å². The molecule has 184 valence electrons. The van der Waals surface area contributed by atoms with E-state index in [0.29, 0.717) is 0 Å². The standard InChI is InChI=1S/C27H55NO2.Ca.2H/c1-3-5-7-9-11-13-15-17-19-21-24-28(26-23-27(29)30)25-22-20-18-16-14-12-10-8-6-4-2;;;/h3-26H2,1-2H3,(H,29,30);;;. The van der Waals surface area contributed by atoms with Gasteiger partial charge in [-0.1, -0.05) is 129 Å². The van der Waals surface area contributed by atoms with Crippen LogP contribution in [0.2, 0.25) is 0 Å². The van der Waals surface area contributed by atoms with Gasteiger partial charge in [-0.05, 0) is 25.9 Å². The van der Waals surface area contributed by atoms with Gasteiger partial charge in [0, 0.05) is 6.54 Å². The minimum absolute atomic E-state index is 0. The average Bonchev–Trinajstić information content (AvgIpc) is 2.73. The molecule has 0 unspecified atom stereocenters. The first-order chi connectivity index (χ1) is 14.7. The Morgan fingerprint density at radius 2 is 0.806 bits per heavy atom. The second-order valence-corrected chi connectivity index (χ2v) is 9.35. The van der Waals surface area contributed by atoms with E-state index in [1.54, 1.807) is 0 Å². The van der Waals surface area contributed by atoms with Gasteiger partial charge in [-0.25, -0.2) is 0 Å². The van der Waals surface area contributed by atoms with Crippen molar-refractivity contribution in [1.29, 1.82) is 0 Å². The van der Waals surface area contributed by atoms with Crippen LogP contribution in [0.15, 0.2) is 0 Å². The third kappa shape index (κ3) is 28.7. The summed E-state index contributed by atoms with van der Waals surface area (Å²) in [6, 6.07) is 0. The summed E-state index contributed by atoms with van der Waals surface area (Å²) in [5, 5.41) is 9.03. The number of aliphatic carboxylic acids is 1.